The van der Waals surface area contributed by atoms with Gasteiger partial charge in [-0.15, -0.1) is 0 Å². The Bertz CT molecular complexity index is 1160. The fourth-order valence-corrected chi connectivity index (χ4v) is 4.08. The number of aromatic nitrogens is 3. The minimum atomic E-state index is -0.367. The van der Waals surface area contributed by atoms with Crippen LogP contribution in [-0.4, -0.2) is 28.0 Å². The molecule has 134 valence electrons. The molecule has 0 unspecified atom stereocenters. The number of carbonyl (C=O) groups excluding carboxylic acids is 1. The van der Waals surface area contributed by atoms with Crippen LogP contribution < -0.4 is 0 Å². The van der Waals surface area contributed by atoms with Gasteiger partial charge in [-0.3, -0.25) is 4.98 Å². The molecule has 27 heavy (non-hydrogen) atoms. The number of esters is 1. The quantitative estimate of drug-likeness (QED) is 0.296. The largest absolute Gasteiger partial charge is 0.465 e. The van der Waals surface area contributed by atoms with E-state index in [0.717, 1.165) is 32.4 Å². The number of para-hydroxylation sites is 2. The molecule has 0 N–H and O–H groups in total. The van der Waals surface area contributed by atoms with Crippen molar-refractivity contribution in [3.8, 4) is 0 Å². The van der Waals surface area contributed by atoms with Crippen molar-refractivity contribution in [2.45, 2.75) is 17.7 Å². The lowest BCUT2D eigenvalue weighted by molar-refractivity contribution is 0.0598. The van der Waals surface area contributed by atoms with E-state index in [1.807, 2.05) is 55.5 Å². The summed E-state index contributed by atoms with van der Waals surface area (Å²) in [5.41, 5.74) is 3.88. The van der Waals surface area contributed by atoms with Gasteiger partial charge in [0.1, 0.15) is 11.4 Å². The minimum Gasteiger partial charge on any atom is -0.465 e. The molecule has 0 saturated carbocycles. The summed E-state index contributed by atoms with van der Waals surface area (Å²) in [6.45, 7) is 1.94. The first-order valence-corrected chi connectivity index (χ1v) is 9.46. The molecule has 6 heteroatoms. The maximum atomic E-state index is 12.4. The van der Waals surface area contributed by atoms with Crippen molar-refractivity contribution in [3.05, 3.63) is 71.7 Å². The van der Waals surface area contributed by atoms with Gasteiger partial charge < -0.3 is 4.74 Å². The summed E-state index contributed by atoms with van der Waals surface area (Å²) in [5.74, 6) is 0.144. The fraction of sp³-hybridized carbons (Fsp3) is 0.143. The van der Waals surface area contributed by atoms with Gasteiger partial charge in [0, 0.05) is 16.5 Å². The monoisotopic (exact) mass is 375 g/mol. The topological polar surface area (TPSA) is 65.0 Å². The number of thioether (sulfide) groups is 1. The molecule has 0 aliphatic heterocycles. The van der Waals surface area contributed by atoms with Gasteiger partial charge in [-0.2, -0.15) is 0 Å². The van der Waals surface area contributed by atoms with Crippen LogP contribution in [0.1, 0.15) is 21.6 Å². The predicted molar refractivity (Wildman–Crippen MR) is 107 cm³/mol. The number of hydrogen-bond donors (Lipinski definition) is 0. The maximum Gasteiger partial charge on any atom is 0.340 e. The highest BCUT2D eigenvalue weighted by Gasteiger charge is 2.20. The lowest BCUT2D eigenvalue weighted by Gasteiger charge is -2.13. The number of carbonyl (C=O) groups is 1. The van der Waals surface area contributed by atoms with E-state index < -0.39 is 0 Å². The van der Waals surface area contributed by atoms with Crippen LogP contribution in [0.5, 0.6) is 0 Å². The van der Waals surface area contributed by atoms with Crippen LogP contribution in [0.3, 0.4) is 0 Å². The number of fused-ring (bicyclic) bond motifs is 2. The molecule has 0 fully saturated rings. The van der Waals surface area contributed by atoms with Crippen molar-refractivity contribution in [2.75, 3.05) is 7.11 Å². The first-order valence-electron chi connectivity index (χ1n) is 8.48. The van der Waals surface area contributed by atoms with Crippen molar-refractivity contribution < 1.29 is 9.53 Å². The standard InChI is InChI=1S/C21H17N3O2S/c1-13-14-7-3-6-10-17(14)24-18(19(13)21(25)26-2)11-27-20-15-8-4-5-9-16(15)22-12-23-20/h3-10,12H,11H2,1-2H3. The lowest BCUT2D eigenvalue weighted by Crippen LogP contribution is -2.10. The van der Waals surface area contributed by atoms with Gasteiger partial charge in [0.15, 0.2) is 0 Å². The van der Waals surface area contributed by atoms with Crippen LogP contribution in [0, 0.1) is 6.92 Å². The molecule has 0 bridgehead atoms. The molecular formula is C21H17N3O2S. The number of pyridine rings is 1. The lowest BCUT2D eigenvalue weighted by atomic mass is 10.0. The highest BCUT2D eigenvalue weighted by atomic mass is 32.2. The zero-order valence-corrected chi connectivity index (χ0v) is 15.8. The summed E-state index contributed by atoms with van der Waals surface area (Å²) in [6, 6.07) is 15.7. The zero-order chi connectivity index (χ0) is 18.8. The van der Waals surface area contributed by atoms with Gasteiger partial charge in [0.25, 0.3) is 0 Å². The van der Waals surface area contributed by atoms with E-state index in [9.17, 15) is 4.79 Å². The van der Waals surface area contributed by atoms with Crippen molar-refractivity contribution >= 4 is 39.5 Å². The number of benzene rings is 2. The molecule has 2 heterocycles. The molecule has 0 amide bonds. The third kappa shape index (κ3) is 3.24. The molecule has 0 aliphatic rings. The van der Waals surface area contributed by atoms with E-state index in [0.29, 0.717) is 17.0 Å². The first-order chi connectivity index (χ1) is 13.2. The second-order valence-electron chi connectivity index (χ2n) is 6.05. The van der Waals surface area contributed by atoms with Crippen molar-refractivity contribution in [3.63, 3.8) is 0 Å². The second kappa shape index (κ2) is 7.32. The molecule has 0 radical (unpaired) electrons. The molecular weight excluding hydrogens is 358 g/mol. The van der Waals surface area contributed by atoms with E-state index in [4.69, 9.17) is 9.72 Å². The Morgan fingerprint density at radius 3 is 2.48 bits per heavy atom. The molecule has 4 rings (SSSR count). The van der Waals surface area contributed by atoms with E-state index in [1.54, 1.807) is 18.1 Å². The summed E-state index contributed by atoms with van der Waals surface area (Å²) in [7, 11) is 1.39. The maximum absolute atomic E-state index is 12.4. The minimum absolute atomic E-state index is 0.367. The van der Waals surface area contributed by atoms with E-state index in [-0.39, 0.29) is 5.97 Å². The molecule has 2 aromatic carbocycles. The molecule has 2 aromatic heterocycles. The third-order valence-electron chi connectivity index (χ3n) is 4.47. The van der Waals surface area contributed by atoms with Crippen molar-refractivity contribution in [2.24, 2.45) is 0 Å². The summed E-state index contributed by atoms with van der Waals surface area (Å²) < 4.78 is 5.02. The Morgan fingerprint density at radius 1 is 1.00 bits per heavy atom. The first kappa shape index (κ1) is 17.4. The van der Waals surface area contributed by atoms with Gasteiger partial charge in [-0.05, 0) is 24.6 Å². The smallest absolute Gasteiger partial charge is 0.340 e. The molecule has 0 aliphatic carbocycles. The van der Waals surface area contributed by atoms with Crippen LogP contribution in [0.15, 0.2) is 59.9 Å². The predicted octanol–water partition coefficient (Wildman–Crippen LogP) is 4.57. The number of rotatable bonds is 4. The highest BCUT2D eigenvalue weighted by Crippen LogP contribution is 2.30. The zero-order valence-electron chi connectivity index (χ0n) is 15.0. The van der Waals surface area contributed by atoms with Gasteiger partial charge >= 0.3 is 5.97 Å². The Labute approximate surface area is 160 Å². The van der Waals surface area contributed by atoms with Crippen LogP contribution in [0.25, 0.3) is 21.8 Å². The summed E-state index contributed by atoms with van der Waals surface area (Å²) in [6.07, 6.45) is 1.56. The summed E-state index contributed by atoms with van der Waals surface area (Å²) in [5, 5.41) is 2.81. The third-order valence-corrected chi connectivity index (χ3v) is 5.48. The molecule has 0 saturated heterocycles. The van der Waals surface area contributed by atoms with Gasteiger partial charge in [-0.1, -0.05) is 48.2 Å². The van der Waals surface area contributed by atoms with Crippen LogP contribution in [-0.2, 0) is 10.5 Å². The molecule has 0 atom stereocenters. The number of nitrogens with zero attached hydrogens (tertiary/aromatic N) is 3. The van der Waals surface area contributed by atoms with Crippen LogP contribution in [0.2, 0.25) is 0 Å². The number of methoxy groups -OCH3 is 1. The highest BCUT2D eigenvalue weighted by molar-refractivity contribution is 7.98. The average molecular weight is 375 g/mol. The van der Waals surface area contributed by atoms with E-state index >= 15 is 0 Å². The normalized spacial score (nSPS) is 11.0. The Hall–Kier alpha value is -2.99. The number of aryl methyl sites for hydroxylation is 1. The summed E-state index contributed by atoms with van der Waals surface area (Å²) in [4.78, 5) is 25.9. The Balaban J connectivity index is 1.77. The van der Waals surface area contributed by atoms with Crippen LogP contribution in [0.4, 0.5) is 0 Å². The van der Waals surface area contributed by atoms with Crippen molar-refractivity contribution in [1.82, 2.24) is 15.0 Å². The van der Waals surface area contributed by atoms with Gasteiger partial charge in [0.05, 0.1) is 29.4 Å². The van der Waals surface area contributed by atoms with Gasteiger partial charge in [-0.25, -0.2) is 14.8 Å². The van der Waals surface area contributed by atoms with E-state index in [2.05, 4.69) is 9.97 Å². The second-order valence-corrected chi connectivity index (χ2v) is 7.02. The fourth-order valence-electron chi connectivity index (χ4n) is 3.15. The molecule has 4 aromatic rings. The Morgan fingerprint density at radius 2 is 1.70 bits per heavy atom. The molecule has 5 nitrogen and oxygen atoms in total. The SMILES string of the molecule is COC(=O)c1c(CSc2ncnc3ccccc23)nc2ccccc2c1C. The number of hydrogen-bond acceptors (Lipinski definition) is 6. The van der Waals surface area contributed by atoms with E-state index in [1.165, 1.54) is 7.11 Å². The average Bonchev–Trinajstić information content (AvgIpc) is 2.72. The summed E-state index contributed by atoms with van der Waals surface area (Å²) >= 11 is 1.54. The Kier molecular flexibility index (Phi) is 4.73. The van der Waals surface area contributed by atoms with Crippen LogP contribution >= 0.6 is 11.8 Å². The van der Waals surface area contributed by atoms with Gasteiger partial charge in [0.2, 0.25) is 0 Å². The molecule has 0 spiro atoms. The van der Waals surface area contributed by atoms with Crippen molar-refractivity contribution in [1.29, 1.82) is 0 Å². The number of ether oxygens (including phenoxy) is 1.